The van der Waals surface area contributed by atoms with Crippen LogP contribution < -0.4 is 0 Å². The zero-order valence-corrected chi connectivity index (χ0v) is 13.2. The smallest absolute Gasteiger partial charge is 0.378 e. The second-order valence-corrected chi connectivity index (χ2v) is 7.00. The number of ether oxygens (including phenoxy) is 1. The molecule has 21 heavy (non-hydrogen) atoms. The zero-order chi connectivity index (χ0) is 15.7. The summed E-state index contributed by atoms with van der Waals surface area (Å²) in [5.41, 5.74) is -1.15. The Balaban J connectivity index is 2.49. The van der Waals surface area contributed by atoms with Gasteiger partial charge in [0.2, 0.25) is 10.0 Å². The van der Waals surface area contributed by atoms with Crippen molar-refractivity contribution in [3.63, 3.8) is 0 Å². The van der Waals surface area contributed by atoms with E-state index in [1.54, 1.807) is 0 Å². The summed E-state index contributed by atoms with van der Waals surface area (Å²) in [6, 6.07) is 3.69. The van der Waals surface area contributed by atoms with E-state index in [1.807, 2.05) is 0 Å². The molecule has 1 heterocycles. The van der Waals surface area contributed by atoms with Gasteiger partial charge < -0.3 is 4.74 Å². The first-order valence-corrected chi connectivity index (χ1v) is 8.66. The van der Waals surface area contributed by atoms with Crippen LogP contribution in [0.5, 0.6) is 0 Å². The van der Waals surface area contributed by atoms with E-state index in [2.05, 4.69) is 15.9 Å². The van der Waals surface area contributed by atoms with E-state index in [-0.39, 0.29) is 19.8 Å². The number of hydrogen-bond acceptors (Lipinski definition) is 3. The van der Waals surface area contributed by atoms with Crippen LogP contribution in [0.2, 0.25) is 0 Å². The number of hydrogen-bond donors (Lipinski definition) is 0. The number of sulfonamides is 1. The lowest BCUT2D eigenvalue weighted by Crippen LogP contribution is -2.49. The molecule has 1 aliphatic heterocycles. The Morgan fingerprint density at radius 3 is 2.62 bits per heavy atom. The summed E-state index contributed by atoms with van der Waals surface area (Å²) in [6.07, 6.45) is -4.72. The Kier molecular flexibility index (Phi) is 4.96. The maximum atomic E-state index is 13.0. The SMILES string of the molecule is O=S(=O)(c1ccccc1C(F)(F)F)N1CCOCC1CBr. The van der Waals surface area contributed by atoms with Crippen LogP contribution in [0.15, 0.2) is 29.2 Å². The molecule has 1 aliphatic rings. The van der Waals surface area contributed by atoms with E-state index in [0.717, 1.165) is 16.4 Å². The number of rotatable bonds is 3. The first-order chi connectivity index (χ1) is 9.78. The van der Waals surface area contributed by atoms with Crippen LogP contribution in [0, 0.1) is 0 Å². The number of alkyl halides is 4. The average Bonchev–Trinajstić information content (AvgIpc) is 2.46. The quantitative estimate of drug-likeness (QED) is 0.748. The molecule has 118 valence electrons. The average molecular weight is 388 g/mol. The van der Waals surface area contributed by atoms with Crippen molar-refractivity contribution in [1.29, 1.82) is 0 Å². The number of halogens is 4. The molecule has 0 saturated carbocycles. The van der Waals surface area contributed by atoms with Gasteiger partial charge in [0.15, 0.2) is 0 Å². The van der Waals surface area contributed by atoms with E-state index < -0.39 is 32.7 Å². The first kappa shape index (κ1) is 16.7. The fourth-order valence-corrected chi connectivity index (χ4v) is 4.67. The van der Waals surface area contributed by atoms with Gasteiger partial charge in [-0.25, -0.2) is 8.42 Å². The predicted octanol–water partition coefficient (Wildman–Crippen LogP) is 2.49. The van der Waals surface area contributed by atoms with Crippen molar-refractivity contribution in [3.05, 3.63) is 29.8 Å². The molecular weight excluding hydrogens is 375 g/mol. The highest BCUT2D eigenvalue weighted by molar-refractivity contribution is 9.09. The fourth-order valence-electron chi connectivity index (χ4n) is 2.13. The van der Waals surface area contributed by atoms with Gasteiger partial charge in [0.1, 0.15) is 0 Å². The third-order valence-electron chi connectivity index (χ3n) is 3.13. The molecular formula is C12H13BrF3NO3S. The van der Waals surface area contributed by atoms with E-state index in [9.17, 15) is 21.6 Å². The van der Waals surface area contributed by atoms with Crippen molar-refractivity contribution in [3.8, 4) is 0 Å². The summed E-state index contributed by atoms with van der Waals surface area (Å²) < 4.78 is 70.4. The largest absolute Gasteiger partial charge is 0.417 e. The van der Waals surface area contributed by atoms with Crippen molar-refractivity contribution >= 4 is 26.0 Å². The fraction of sp³-hybridized carbons (Fsp3) is 0.500. The zero-order valence-electron chi connectivity index (χ0n) is 10.8. The Labute approximate surface area is 129 Å². The molecule has 0 spiro atoms. The summed E-state index contributed by atoms with van der Waals surface area (Å²) in [4.78, 5) is -0.717. The Bertz CT molecular complexity index is 606. The maximum absolute atomic E-state index is 13.0. The van der Waals surface area contributed by atoms with E-state index >= 15 is 0 Å². The van der Waals surface area contributed by atoms with E-state index in [0.29, 0.717) is 5.33 Å². The second kappa shape index (κ2) is 6.23. The van der Waals surface area contributed by atoms with Gasteiger partial charge in [-0.05, 0) is 12.1 Å². The van der Waals surface area contributed by atoms with Crippen molar-refractivity contribution in [2.24, 2.45) is 0 Å². The van der Waals surface area contributed by atoms with Crippen molar-refractivity contribution in [1.82, 2.24) is 4.31 Å². The van der Waals surface area contributed by atoms with E-state index in [4.69, 9.17) is 4.74 Å². The molecule has 9 heteroatoms. The Hall–Kier alpha value is -0.640. The maximum Gasteiger partial charge on any atom is 0.417 e. The van der Waals surface area contributed by atoms with Crippen LogP contribution in [0.4, 0.5) is 13.2 Å². The lowest BCUT2D eigenvalue weighted by Gasteiger charge is -2.34. The van der Waals surface area contributed by atoms with E-state index in [1.165, 1.54) is 12.1 Å². The van der Waals surface area contributed by atoms with Crippen LogP contribution in [-0.2, 0) is 20.9 Å². The van der Waals surface area contributed by atoms with Crippen molar-refractivity contribution < 1.29 is 26.3 Å². The monoisotopic (exact) mass is 387 g/mol. The lowest BCUT2D eigenvalue weighted by molar-refractivity contribution is -0.139. The summed E-state index contributed by atoms with van der Waals surface area (Å²) in [5.74, 6) is 0. The van der Waals surface area contributed by atoms with Gasteiger partial charge in [0.25, 0.3) is 0 Å². The van der Waals surface area contributed by atoms with Gasteiger partial charge >= 0.3 is 6.18 Å². The second-order valence-electron chi connectivity index (χ2n) is 4.49. The summed E-state index contributed by atoms with van der Waals surface area (Å²) >= 11 is 3.17. The molecule has 0 amide bonds. The van der Waals surface area contributed by atoms with Crippen molar-refractivity contribution in [2.45, 2.75) is 17.1 Å². The summed E-state index contributed by atoms with van der Waals surface area (Å²) in [7, 11) is -4.23. The summed E-state index contributed by atoms with van der Waals surface area (Å²) in [5, 5.41) is 0.292. The van der Waals surface area contributed by atoms with Crippen LogP contribution in [-0.4, -0.2) is 43.9 Å². The van der Waals surface area contributed by atoms with Gasteiger partial charge in [-0.1, -0.05) is 28.1 Å². The van der Waals surface area contributed by atoms with Gasteiger partial charge in [-0.2, -0.15) is 17.5 Å². The summed E-state index contributed by atoms with van der Waals surface area (Å²) in [6.45, 7) is 0.348. The van der Waals surface area contributed by atoms with Crippen LogP contribution in [0.1, 0.15) is 5.56 Å². The molecule has 0 radical (unpaired) electrons. The minimum atomic E-state index is -4.72. The highest BCUT2D eigenvalue weighted by Gasteiger charge is 2.41. The van der Waals surface area contributed by atoms with Gasteiger partial charge in [-0.15, -0.1) is 0 Å². The minimum absolute atomic E-state index is 0.0325. The standard InChI is InChI=1S/C12H13BrF3NO3S/c13-7-9-8-20-6-5-17(9)21(18,19)11-4-2-1-3-10(11)12(14,15)16/h1-4,9H,5-8H2. The first-order valence-electron chi connectivity index (χ1n) is 6.10. The molecule has 2 rings (SSSR count). The third-order valence-corrected chi connectivity index (χ3v) is 5.89. The molecule has 0 aliphatic carbocycles. The molecule has 4 nitrogen and oxygen atoms in total. The molecule has 1 aromatic carbocycles. The topological polar surface area (TPSA) is 46.6 Å². The molecule has 0 bridgehead atoms. The predicted molar refractivity (Wildman–Crippen MR) is 73.7 cm³/mol. The molecule has 0 N–H and O–H groups in total. The highest BCUT2D eigenvalue weighted by atomic mass is 79.9. The van der Waals surface area contributed by atoms with Crippen molar-refractivity contribution in [2.75, 3.05) is 25.1 Å². The molecule has 1 saturated heterocycles. The van der Waals surface area contributed by atoms with Gasteiger partial charge in [0.05, 0.1) is 29.7 Å². The van der Waals surface area contributed by atoms with Gasteiger partial charge in [-0.3, -0.25) is 0 Å². The van der Waals surface area contributed by atoms with Crippen LogP contribution in [0.3, 0.4) is 0 Å². The minimum Gasteiger partial charge on any atom is -0.378 e. The Morgan fingerprint density at radius 2 is 2.00 bits per heavy atom. The number of benzene rings is 1. The van der Waals surface area contributed by atoms with Gasteiger partial charge in [0, 0.05) is 11.9 Å². The van der Waals surface area contributed by atoms with Crippen LogP contribution in [0.25, 0.3) is 0 Å². The lowest BCUT2D eigenvalue weighted by atomic mass is 10.2. The molecule has 1 atom stereocenters. The Morgan fingerprint density at radius 1 is 1.33 bits per heavy atom. The van der Waals surface area contributed by atoms with Crippen LogP contribution >= 0.6 is 15.9 Å². The molecule has 1 fully saturated rings. The highest BCUT2D eigenvalue weighted by Crippen LogP contribution is 2.35. The number of morpholine rings is 1. The molecule has 1 aromatic rings. The third kappa shape index (κ3) is 3.41. The molecule has 0 aromatic heterocycles. The number of nitrogens with zero attached hydrogens (tertiary/aromatic N) is 1. The normalized spacial score (nSPS) is 21.4. The molecule has 1 unspecified atom stereocenters.